The van der Waals surface area contributed by atoms with E-state index in [0.717, 1.165) is 34.7 Å². The summed E-state index contributed by atoms with van der Waals surface area (Å²) in [5.74, 6) is 0. The van der Waals surface area contributed by atoms with Crippen LogP contribution in [0.4, 0.5) is 0 Å². The third kappa shape index (κ3) is 3.84. The molecule has 90 valence electrons. The Bertz CT molecular complexity index is 471. The van der Waals surface area contributed by atoms with Gasteiger partial charge in [-0.2, -0.15) is 0 Å². The molecule has 0 unspecified atom stereocenters. The number of imidazole rings is 1. The zero-order valence-electron chi connectivity index (χ0n) is 9.21. The van der Waals surface area contributed by atoms with Crippen LogP contribution >= 0.6 is 27.5 Å². The number of hydrogen-bond donors (Lipinski definition) is 2. The number of aromatic amines is 1. The van der Waals surface area contributed by atoms with Gasteiger partial charge in [0.15, 0.2) is 0 Å². The highest BCUT2D eigenvalue weighted by molar-refractivity contribution is 9.10. The molecule has 0 aliphatic carbocycles. The summed E-state index contributed by atoms with van der Waals surface area (Å²) in [5, 5.41) is 4.13. The largest absolute Gasteiger partial charge is 0.348 e. The molecule has 2 rings (SSSR count). The Kier molecular flexibility index (Phi) is 4.59. The SMILES string of the molecule is Clc1ccc(Br)c(CNCCc2cnc[nH]2)c1. The van der Waals surface area contributed by atoms with Crippen LogP contribution < -0.4 is 5.32 Å². The number of hydrogen-bond acceptors (Lipinski definition) is 2. The molecule has 0 amide bonds. The van der Waals surface area contributed by atoms with Crippen molar-refractivity contribution in [2.24, 2.45) is 0 Å². The lowest BCUT2D eigenvalue weighted by molar-refractivity contribution is 0.680. The summed E-state index contributed by atoms with van der Waals surface area (Å²) in [7, 11) is 0. The number of nitrogens with zero attached hydrogens (tertiary/aromatic N) is 1. The molecule has 2 aromatic rings. The Morgan fingerprint density at radius 1 is 1.41 bits per heavy atom. The standard InChI is InChI=1S/C12H13BrClN3/c13-12-2-1-10(14)5-9(12)6-15-4-3-11-7-16-8-17-11/h1-2,5,7-8,15H,3-4,6H2,(H,16,17). The molecule has 5 heteroatoms. The van der Waals surface area contributed by atoms with Crippen LogP contribution in [0, 0.1) is 0 Å². The fourth-order valence-electron chi connectivity index (χ4n) is 1.55. The molecular weight excluding hydrogens is 302 g/mol. The van der Waals surface area contributed by atoms with Crippen LogP contribution in [0.5, 0.6) is 0 Å². The summed E-state index contributed by atoms with van der Waals surface area (Å²) in [6.07, 6.45) is 4.48. The lowest BCUT2D eigenvalue weighted by Gasteiger charge is -2.06. The first kappa shape index (κ1) is 12.6. The summed E-state index contributed by atoms with van der Waals surface area (Å²) in [5.41, 5.74) is 2.31. The van der Waals surface area contributed by atoms with Crippen LogP contribution in [0.1, 0.15) is 11.3 Å². The highest BCUT2D eigenvalue weighted by atomic mass is 79.9. The van der Waals surface area contributed by atoms with Gasteiger partial charge in [0, 0.05) is 40.9 Å². The molecule has 0 fully saturated rings. The van der Waals surface area contributed by atoms with Crippen molar-refractivity contribution in [1.82, 2.24) is 15.3 Å². The minimum Gasteiger partial charge on any atom is -0.348 e. The Balaban J connectivity index is 1.80. The molecular formula is C12H13BrClN3. The second kappa shape index (κ2) is 6.19. The zero-order valence-corrected chi connectivity index (χ0v) is 11.6. The number of halogens is 2. The van der Waals surface area contributed by atoms with E-state index in [4.69, 9.17) is 11.6 Å². The van der Waals surface area contributed by atoms with Crippen molar-refractivity contribution in [1.29, 1.82) is 0 Å². The van der Waals surface area contributed by atoms with Crippen molar-refractivity contribution in [2.75, 3.05) is 6.54 Å². The van der Waals surface area contributed by atoms with Gasteiger partial charge in [-0.3, -0.25) is 0 Å². The van der Waals surface area contributed by atoms with E-state index in [-0.39, 0.29) is 0 Å². The Hall–Kier alpha value is -0.840. The molecule has 17 heavy (non-hydrogen) atoms. The predicted octanol–water partition coefficient (Wildman–Crippen LogP) is 3.16. The number of aromatic nitrogens is 2. The first-order valence-electron chi connectivity index (χ1n) is 5.37. The fraction of sp³-hybridized carbons (Fsp3) is 0.250. The maximum absolute atomic E-state index is 5.95. The molecule has 0 saturated carbocycles. The average Bonchev–Trinajstić information content (AvgIpc) is 2.82. The van der Waals surface area contributed by atoms with E-state index in [0.29, 0.717) is 0 Å². The minimum atomic E-state index is 0.763. The van der Waals surface area contributed by atoms with Crippen LogP contribution in [0.2, 0.25) is 5.02 Å². The first-order valence-corrected chi connectivity index (χ1v) is 6.54. The molecule has 1 aromatic heterocycles. The van der Waals surface area contributed by atoms with Crippen molar-refractivity contribution in [3.63, 3.8) is 0 Å². The predicted molar refractivity (Wildman–Crippen MR) is 73.2 cm³/mol. The quantitative estimate of drug-likeness (QED) is 0.832. The molecule has 2 N–H and O–H groups in total. The number of benzene rings is 1. The third-order valence-electron chi connectivity index (χ3n) is 2.45. The summed E-state index contributed by atoms with van der Waals surface area (Å²) < 4.78 is 1.08. The van der Waals surface area contributed by atoms with Gasteiger partial charge >= 0.3 is 0 Å². The Morgan fingerprint density at radius 3 is 3.06 bits per heavy atom. The summed E-state index contributed by atoms with van der Waals surface area (Å²) in [4.78, 5) is 7.05. The monoisotopic (exact) mass is 313 g/mol. The van der Waals surface area contributed by atoms with Crippen LogP contribution in [0.25, 0.3) is 0 Å². The number of nitrogens with one attached hydrogen (secondary N) is 2. The summed E-state index contributed by atoms with van der Waals surface area (Å²) >= 11 is 9.46. The molecule has 1 heterocycles. The minimum absolute atomic E-state index is 0.763. The van der Waals surface area contributed by atoms with Crippen LogP contribution in [0.15, 0.2) is 35.2 Å². The van der Waals surface area contributed by atoms with Gasteiger partial charge in [-0.15, -0.1) is 0 Å². The van der Waals surface area contributed by atoms with E-state index < -0.39 is 0 Å². The normalized spacial score (nSPS) is 10.7. The number of H-pyrrole nitrogens is 1. The number of rotatable bonds is 5. The molecule has 0 aliphatic heterocycles. The summed E-state index contributed by atoms with van der Waals surface area (Å²) in [6, 6.07) is 5.81. The molecule has 1 aromatic carbocycles. The lowest BCUT2D eigenvalue weighted by Crippen LogP contribution is -2.17. The maximum Gasteiger partial charge on any atom is 0.0921 e. The molecule has 0 atom stereocenters. The van der Waals surface area contributed by atoms with Gasteiger partial charge in [0.1, 0.15) is 0 Å². The Labute approximate surface area is 114 Å². The van der Waals surface area contributed by atoms with Crippen molar-refractivity contribution >= 4 is 27.5 Å². The zero-order chi connectivity index (χ0) is 12.1. The second-order valence-electron chi connectivity index (χ2n) is 3.74. The molecule has 0 radical (unpaired) electrons. The van der Waals surface area contributed by atoms with E-state index >= 15 is 0 Å². The van der Waals surface area contributed by atoms with Crippen molar-refractivity contribution in [3.05, 3.63) is 51.5 Å². The molecule has 0 bridgehead atoms. The van der Waals surface area contributed by atoms with Crippen molar-refractivity contribution in [3.8, 4) is 0 Å². The molecule has 3 nitrogen and oxygen atoms in total. The van der Waals surface area contributed by atoms with Crippen molar-refractivity contribution in [2.45, 2.75) is 13.0 Å². The topological polar surface area (TPSA) is 40.7 Å². The van der Waals surface area contributed by atoms with Gasteiger partial charge in [0.2, 0.25) is 0 Å². The van der Waals surface area contributed by atoms with E-state index in [1.54, 1.807) is 6.33 Å². The van der Waals surface area contributed by atoms with Crippen LogP contribution in [-0.4, -0.2) is 16.5 Å². The van der Waals surface area contributed by atoms with E-state index in [1.807, 2.05) is 24.4 Å². The molecule has 0 spiro atoms. The highest BCUT2D eigenvalue weighted by Gasteiger charge is 2.00. The van der Waals surface area contributed by atoms with E-state index in [2.05, 4.69) is 31.2 Å². The first-order chi connectivity index (χ1) is 8.25. The van der Waals surface area contributed by atoms with Crippen molar-refractivity contribution < 1.29 is 0 Å². The van der Waals surface area contributed by atoms with Gasteiger partial charge in [-0.05, 0) is 23.8 Å². The van der Waals surface area contributed by atoms with E-state index in [9.17, 15) is 0 Å². The smallest absolute Gasteiger partial charge is 0.0921 e. The van der Waals surface area contributed by atoms with Crippen LogP contribution in [-0.2, 0) is 13.0 Å². The fourth-order valence-corrected chi connectivity index (χ4v) is 2.13. The van der Waals surface area contributed by atoms with Crippen LogP contribution in [0.3, 0.4) is 0 Å². The third-order valence-corrected chi connectivity index (χ3v) is 3.46. The molecule has 0 saturated heterocycles. The summed E-state index contributed by atoms with van der Waals surface area (Å²) in [6.45, 7) is 1.70. The van der Waals surface area contributed by atoms with E-state index in [1.165, 1.54) is 5.56 Å². The van der Waals surface area contributed by atoms with Gasteiger partial charge in [0.25, 0.3) is 0 Å². The lowest BCUT2D eigenvalue weighted by atomic mass is 10.2. The van der Waals surface area contributed by atoms with Gasteiger partial charge in [0.05, 0.1) is 6.33 Å². The second-order valence-corrected chi connectivity index (χ2v) is 5.03. The van der Waals surface area contributed by atoms with Gasteiger partial charge in [-0.25, -0.2) is 4.98 Å². The Morgan fingerprint density at radius 2 is 2.29 bits per heavy atom. The van der Waals surface area contributed by atoms with Gasteiger partial charge < -0.3 is 10.3 Å². The maximum atomic E-state index is 5.95. The van der Waals surface area contributed by atoms with Gasteiger partial charge in [-0.1, -0.05) is 27.5 Å². The molecule has 0 aliphatic rings. The average molecular weight is 315 g/mol. The highest BCUT2D eigenvalue weighted by Crippen LogP contribution is 2.20.